The third-order valence-electron chi connectivity index (χ3n) is 7.40. The van der Waals surface area contributed by atoms with Gasteiger partial charge in [-0.2, -0.15) is 0 Å². The highest BCUT2D eigenvalue weighted by Gasteiger charge is 2.33. The van der Waals surface area contributed by atoms with E-state index in [1.807, 2.05) is 12.1 Å². The van der Waals surface area contributed by atoms with Crippen molar-refractivity contribution in [1.82, 2.24) is 15.5 Å². The van der Waals surface area contributed by atoms with Crippen molar-refractivity contribution in [3.05, 3.63) is 52.5 Å². The van der Waals surface area contributed by atoms with Gasteiger partial charge in [0.25, 0.3) is 0 Å². The van der Waals surface area contributed by atoms with Crippen molar-refractivity contribution in [3.63, 3.8) is 0 Å². The molecule has 256 valence electrons. The van der Waals surface area contributed by atoms with E-state index in [2.05, 4.69) is 10.6 Å². The van der Waals surface area contributed by atoms with E-state index in [4.69, 9.17) is 34.5 Å². The summed E-state index contributed by atoms with van der Waals surface area (Å²) in [6, 6.07) is 7.25. The molecule has 3 rings (SSSR count). The van der Waals surface area contributed by atoms with Gasteiger partial charge in [0.05, 0.1) is 6.04 Å². The summed E-state index contributed by atoms with van der Waals surface area (Å²) in [5, 5.41) is 16.5. The molecule has 2 aromatic rings. The Morgan fingerprint density at radius 2 is 1.62 bits per heavy atom. The molecule has 45 heavy (non-hydrogen) atoms. The number of fused-ring (bicyclic) bond motifs is 5. The highest BCUT2D eigenvalue weighted by molar-refractivity contribution is 6.31. The average molecular weight is 734 g/mol. The number of amides is 3. The van der Waals surface area contributed by atoms with Crippen LogP contribution in [0.15, 0.2) is 36.4 Å². The van der Waals surface area contributed by atoms with E-state index in [1.165, 1.54) is 11.9 Å². The number of likely N-dealkylation sites (N-methyl/N-ethyl adjacent to an activating group) is 1. The second kappa shape index (κ2) is 21.7. The number of phenols is 1. The Morgan fingerprint density at radius 3 is 2.24 bits per heavy atom. The van der Waals surface area contributed by atoms with Crippen molar-refractivity contribution < 1.29 is 19.5 Å². The number of carbonyl (C=O) groups excluding carboxylic acids is 3. The summed E-state index contributed by atoms with van der Waals surface area (Å²) in [5.41, 5.74) is 26.4. The topological polar surface area (TPSA) is 203 Å². The second-order valence-corrected chi connectivity index (χ2v) is 11.0. The highest BCUT2D eigenvalue weighted by atomic mass is 35.5. The van der Waals surface area contributed by atoms with Crippen LogP contribution in [0.2, 0.25) is 5.02 Å². The number of phenolic OH excluding ortho intramolecular Hbond substituents is 1. The maximum Gasteiger partial charge on any atom is 0.245 e. The van der Waals surface area contributed by atoms with E-state index < -0.39 is 35.8 Å². The summed E-state index contributed by atoms with van der Waals surface area (Å²) in [6.45, 7) is 1.02. The molecule has 4 atom stereocenters. The number of benzene rings is 2. The first-order chi connectivity index (χ1) is 19.5. The van der Waals surface area contributed by atoms with Crippen LogP contribution in [-0.2, 0) is 27.2 Å². The van der Waals surface area contributed by atoms with E-state index in [0.717, 1.165) is 17.5 Å². The molecular formula is C29H46Cl5N7O4. The quantitative estimate of drug-likeness (QED) is 0.203. The van der Waals surface area contributed by atoms with Gasteiger partial charge in [0.15, 0.2) is 0 Å². The Bertz CT molecular complexity index is 1240. The molecule has 1 aliphatic heterocycles. The minimum atomic E-state index is -1.03. The van der Waals surface area contributed by atoms with Gasteiger partial charge in [0, 0.05) is 37.5 Å². The molecule has 0 radical (unpaired) electrons. The van der Waals surface area contributed by atoms with Gasteiger partial charge in [-0.3, -0.25) is 14.4 Å². The van der Waals surface area contributed by atoms with Gasteiger partial charge < -0.3 is 43.6 Å². The highest BCUT2D eigenvalue weighted by Crippen LogP contribution is 2.31. The van der Waals surface area contributed by atoms with Gasteiger partial charge in [0.2, 0.25) is 17.7 Å². The molecule has 0 unspecified atom stereocenters. The Labute approximate surface area is 294 Å². The summed E-state index contributed by atoms with van der Waals surface area (Å²) in [6.07, 6.45) is 2.25. The zero-order chi connectivity index (χ0) is 30.1. The fraction of sp³-hybridized carbons (Fsp3) is 0.483. The van der Waals surface area contributed by atoms with E-state index in [9.17, 15) is 19.5 Å². The molecule has 0 aromatic heterocycles. The molecule has 0 spiro atoms. The Hall–Kier alpha value is -2.06. The molecule has 2 aromatic carbocycles. The van der Waals surface area contributed by atoms with Gasteiger partial charge >= 0.3 is 0 Å². The number of aromatic hydroxyl groups is 1. The lowest BCUT2D eigenvalue weighted by atomic mass is 9.95. The monoisotopic (exact) mass is 731 g/mol. The SMILES string of the molecule is CN1C(=O)[C@H](CCCN)NC(=O)[C@@H](N)Cc2cc(ccc2O)-c2ccc(Cl)c(c2)C[C@H]1C(=O)NC[C@@H](N)CCCN.Cl.Cl.Cl.Cl. The molecule has 11 N–H and O–H groups in total. The molecule has 4 bridgehead atoms. The fourth-order valence-corrected chi connectivity index (χ4v) is 5.07. The standard InChI is InChI=1S/C29H42ClN7O4.4ClH/c1-37-25(28(40)35-16-21(33)4-2-10-31)15-19-12-17(6-8-22(19)30)18-7-9-26(38)20(13-18)14-23(34)27(39)36-24(29(37)41)5-3-11-32;;;;/h6-9,12-13,21,23-25,38H,2-5,10-11,14-16,31-34H2,1H3,(H,35,40)(H,36,39);4*1H/t21-,23-,24-,25-;;;;/m0..../s1. The van der Waals surface area contributed by atoms with Crippen LogP contribution in [0.3, 0.4) is 0 Å². The van der Waals surface area contributed by atoms with Crippen molar-refractivity contribution in [2.75, 3.05) is 26.7 Å². The molecular weight excluding hydrogens is 688 g/mol. The van der Waals surface area contributed by atoms with Crippen molar-refractivity contribution in [1.29, 1.82) is 0 Å². The number of rotatable bonds is 9. The summed E-state index contributed by atoms with van der Waals surface area (Å²) < 4.78 is 0. The minimum absolute atomic E-state index is 0. The van der Waals surface area contributed by atoms with Crippen molar-refractivity contribution in [2.45, 2.75) is 62.7 Å². The smallest absolute Gasteiger partial charge is 0.245 e. The van der Waals surface area contributed by atoms with Crippen LogP contribution in [0.1, 0.15) is 36.8 Å². The number of hydrogen-bond donors (Lipinski definition) is 7. The van der Waals surface area contributed by atoms with E-state index >= 15 is 0 Å². The van der Waals surface area contributed by atoms with Crippen molar-refractivity contribution in [3.8, 4) is 16.9 Å². The molecule has 0 fully saturated rings. The predicted octanol–water partition coefficient (Wildman–Crippen LogP) is 2.06. The van der Waals surface area contributed by atoms with Crippen molar-refractivity contribution in [2.24, 2.45) is 22.9 Å². The Kier molecular flexibility index (Phi) is 21.7. The maximum absolute atomic E-state index is 13.8. The third-order valence-corrected chi connectivity index (χ3v) is 7.76. The molecule has 0 saturated heterocycles. The van der Waals surface area contributed by atoms with Gasteiger partial charge in [-0.05, 0) is 85.3 Å². The number of nitrogens with two attached hydrogens (primary N) is 4. The molecule has 0 saturated carbocycles. The van der Waals surface area contributed by atoms with Gasteiger partial charge in [-0.1, -0.05) is 23.7 Å². The Balaban J connectivity index is 0. The van der Waals surface area contributed by atoms with Crippen LogP contribution in [0.25, 0.3) is 11.1 Å². The largest absolute Gasteiger partial charge is 0.508 e. The molecule has 3 amide bonds. The summed E-state index contributed by atoms with van der Waals surface area (Å²) in [5.74, 6) is -1.41. The van der Waals surface area contributed by atoms with E-state index in [0.29, 0.717) is 42.1 Å². The van der Waals surface area contributed by atoms with Crippen molar-refractivity contribution >= 4 is 79.0 Å². The first-order valence-electron chi connectivity index (χ1n) is 13.9. The molecule has 16 heteroatoms. The number of hydrogen-bond acceptors (Lipinski definition) is 8. The van der Waals surface area contributed by atoms with Gasteiger partial charge in [-0.25, -0.2) is 0 Å². The summed E-state index contributed by atoms with van der Waals surface area (Å²) in [4.78, 5) is 41.8. The third kappa shape index (κ3) is 12.6. The van der Waals surface area contributed by atoms with E-state index in [-0.39, 0.29) is 87.2 Å². The number of nitrogens with zero attached hydrogens (tertiary/aromatic N) is 1. The predicted molar refractivity (Wildman–Crippen MR) is 189 cm³/mol. The molecule has 1 heterocycles. The first kappa shape index (κ1) is 45.1. The normalized spacial score (nSPS) is 18.7. The minimum Gasteiger partial charge on any atom is -0.508 e. The van der Waals surface area contributed by atoms with Crippen LogP contribution >= 0.6 is 61.2 Å². The number of halogens is 5. The number of carbonyl (C=O) groups is 3. The first-order valence-corrected chi connectivity index (χ1v) is 14.3. The van der Waals surface area contributed by atoms with Crippen LogP contribution in [0.5, 0.6) is 5.75 Å². The average Bonchev–Trinajstić information content (AvgIpc) is 2.96. The molecule has 1 aliphatic rings. The van der Waals surface area contributed by atoms with Crippen LogP contribution < -0.4 is 33.6 Å². The number of nitrogens with one attached hydrogen (secondary N) is 2. The zero-order valence-electron chi connectivity index (χ0n) is 25.1. The Morgan fingerprint density at radius 1 is 1.02 bits per heavy atom. The summed E-state index contributed by atoms with van der Waals surface area (Å²) >= 11 is 6.60. The van der Waals surface area contributed by atoms with Crippen LogP contribution in [0, 0.1) is 0 Å². The second-order valence-electron chi connectivity index (χ2n) is 10.6. The lowest BCUT2D eigenvalue weighted by Gasteiger charge is -2.32. The summed E-state index contributed by atoms with van der Waals surface area (Å²) in [7, 11) is 1.53. The molecule has 0 aliphatic carbocycles. The van der Waals surface area contributed by atoms with Gasteiger partial charge in [0.1, 0.15) is 17.8 Å². The van der Waals surface area contributed by atoms with Gasteiger partial charge in [-0.15, -0.1) is 49.6 Å². The lowest BCUT2D eigenvalue weighted by molar-refractivity contribution is -0.142. The van der Waals surface area contributed by atoms with Crippen LogP contribution in [0.4, 0.5) is 0 Å². The molecule has 11 nitrogen and oxygen atoms in total. The van der Waals surface area contributed by atoms with Crippen LogP contribution in [-0.4, -0.2) is 78.6 Å². The maximum atomic E-state index is 13.8. The van der Waals surface area contributed by atoms with E-state index in [1.54, 1.807) is 24.3 Å². The zero-order valence-corrected chi connectivity index (χ0v) is 29.1. The lowest BCUT2D eigenvalue weighted by Crippen LogP contribution is -2.57. The fourth-order valence-electron chi connectivity index (χ4n) is 4.87.